The summed E-state index contributed by atoms with van der Waals surface area (Å²) in [5.41, 5.74) is 2.23. The van der Waals surface area contributed by atoms with Crippen LogP contribution in [0.5, 0.6) is 0 Å². The molecule has 3 nitrogen and oxygen atoms in total. The first-order valence-corrected chi connectivity index (χ1v) is 6.64. The van der Waals surface area contributed by atoms with Crippen molar-refractivity contribution in [3.8, 4) is 0 Å². The molecule has 1 aromatic heterocycles. The van der Waals surface area contributed by atoms with Crippen LogP contribution in [-0.2, 0) is 0 Å². The number of pyridine rings is 1. The highest BCUT2D eigenvalue weighted by molar-refractivity contribution is 6.31. The number of hydrogen-bond acceptors (Lipinski definition) is 3. The van der Waals surface area contributed by atoms with Gasteiger partial charge in [-0.2, -0.15) is 0 Å². The summed E-state index contributed by atoms with van der Waals surface area (Å²) in [7, 11) is 0. The number of nitrogens with zero attached hydrogens (tertiary/aromatic N) is 2. The fourth-order valence-electron chi connectivity index (χ4n) is 2.44. The summed E-state index contributed by atoms with van der Waals surface area (Å²) in [4.78, 5) is 7.13. The highest BCUT2D eigenvalue weighted by atomic mass is 35.5. The van der Waals surface area contributed by atoms with Crippen LogP contribution in [0.1, 0.15) is 5.56 Å². The third-order valence-corrected chi connectivity index (χ3v) is 3.59. The molecule has 0 radical (unpaired) electrons. The topological polar surface area (TPSA) is 28.2 Å². The lowest BCUT2D eigenvalue weighted by molar-refractivity contribution is 0.584. The molecular weight excluding hydrogens is 281 g/mol. The van der Waals surface area contributed by atoms with Crippen molar-refractivity contribution in [1.82, 2.24) is 10.3 Å². The van der Waals surface area contributed by atoms with Gasteiger partial charge in [-0.05, 0) is 36.8 Å². The Hall–Kier alpha value is -1.03. The average molecular weight is 298 g/mol. The third kappa shape index (κ3) is 2.94. The molecule has 1 aromatic carbocycles. The zero-order valence-corrected chi connectivity index (χ0v) is 12.4. The first-order chi connectivity index (χ1) is 8.74. The second-order valence-electron chi connectivity index (χ2n) is 4.70. The fraction of sp³-hybridized carbons (Fsp3) is 0.357. The van der Waals surface area contributed by atoms with Gasteiger partial charge in [0.05, 0.1) is 5.52 Å². The Kier molecular flexibility index (Phi) is 4.50. The molecule has 0 spiro atoms. The summed E-state index contributed by atoms with van der Waals surface area (Å²) in [6.45, 7) is 6.21. The molecule has 0 saturated carbocycles. The number of fused-ring (bicyclic) bond motifs is 1. The highest BCUT2D eigenvalue weighted by Crippen LogP contribution is 2.25. The van der Waals surface area contributed by atoms with Crippen molar-refractivity contribution in [2.24, 2.45) is 0 Å². The van der Waals surface area contributed by atoms with Crippen LogP contribution in [0.15, 0.2) is 24.3 Å². The van der Waals surface area contributed by atoms with Crippen molar-refractivity contribution < 1.29 is 0 Å². The van der Waals surface area contributed by atoms with E-state index in [1.807, 2.05) is 18.2 Å². The van der Waals surface area contributed by atoms with Gasteiger partial charge in [-0.1, -0.05) is 11.6 Å². The number of nitrogens with one attached hydrogen (secondary N) is 1. The fourth-order valence-corrected chi connectivity index (χ4v) is 2.62. The van der Waals surface area contributed by atoms with Crippen molar-refractivity contribution in [3.63, 3.8) is 0 Å². The zero-order valence-electron chi connectivity index (χ0n) is 10.8. The molecule has 0 bridgehead atoms. The van der Waals surface area contributed by atoms with Crippen LogP contribution in [0.25, 0.3) is 10.9 Å². The van der Waals surface area contributed by atoms with E-state index in [2.05, 4.69) is 23.2 Å². The molecule has 19 heavy (non-hydrogen) atoms. The minimum absolute atomic E-state index is 0. The van der Waals surface area contributed by atoms with Crippen LogP contribution in [0.2, 0.25) is 5.02 Å². The number of benzene rings is 1. The van der Waals surface area contributed by atoms with Gasteiger partial charge in [-0.25, -0.2) is 4.98 Å². The number of hydrogen-bond donors (Lipinski definition) is 1. The quantitative estimate of drug-likeness (QED) is 0.877. The lowest BCUT2D eigenvalue weighted by atomic mass is 10.1. The number of halogens is 2. The number of anilines is 1. The van der Waals surface area contributed by atoms with E-state index in [1.165, 1.54) is 5.56 Å². The van der Waals surface area contributed by atoms with Crippen LogP contribution in [0, 0.1) is 6.92 Å². The first kappa shape index (κ1) is 14.4. The molecule has 5 heteroatoms. The lowest BCUT2D eigenvalue weighted by Crippen LogP contribution is -2.44. The predicted molar refractivity (Wildman–Crippen MR) is 83.8 cm³/mol. The molecule has 0 atom stereocenters. The molecule has 1 saturated heterocycles. The van der Waals surface area contributed by atoms with E-state index in [9.17, 15) is 0 Å². The normalized spacial score (nSPS) is 15.4. The molecular formula is C14H17Cl2N3. The molecule has 2 aromatic rings. The average Bonchev–Trinajstić information content (AvgIpc) is 2.39. The van der Waals surface area contributed by atoms with Crippen LogP contribution in [0.3, 0.4) is 0 Å². The van der Waals surface area contributed by atoms with E-state index >= 15 is 0 Å². The maximum Gasteiger partial charge on any atom is 0.132 e. The summed E-state index contributed by atoms with van der Waals surface area (Å²) in [5.74, 6) is 1.10. The van der Waals surface area contributed by atoms with E-state index < -0.39 is 0 Å². The van der Waals surface area contributed by atoms with E-state index in [0.717, 1.165) is 47.9 Å². The second kappa shape index (κ2) is 5.95. The number of aromatic nitrogens is 1. The van der Waals surface area contributed by atoms with Gasteiger partial charge in [0.2, 0.25) is 0 Å². The van der Waals surface area contributed by atoms with Gasteiger partial charge in [-0.15, -0.1) is 12.4 Å². The summed E-state index contributed by atoms with van der Waals surface area (Å²) in [6, 6.07) is 8.03. The summed E-state index contributed by atoms with van der Waals surface area (Å²) >= 11 is 6.01. The van der Waals surface area contributed by atoms with E-state index in [0.29, 0.717) is 0 Å². The van der Waals surface area contributed by atoms with Gasteiger partial charge in [0.15, 0.2) is 0 Å². The van der Waals surface area contributed by atoms with Crippen LogP contribution in [-0.4, -0.2) is 31.2 Å². The van der Waals surface area contributed by atoms with Crippen LogP contribution < -0.4 is 10.2 Å². The zero-order chi connectivity index (χ0) is 12.5. The third-order valence-electron chi connectivity index (χ3n) is 3.36. The van der Waals surface area contributed by atoms with E-state index in [1.54, 1.807) is 0 Å². The maximum absolute atomic E-state index is 6.01. The molecule has 1 fully saturated rings. The Morgan fingerprint density at radius 2 is 1.95 bits per heavy atom. The van der Waals surface area contributed by atoms with Gasteiger partial charge in [0.25, 0.3) is 0 Å². The predicted octanol–water partition coefficient (Wildman–Crippen LogP) is 3.03. The number of aryl methyl sites for hydroxylation is 1. The summed E-state index contributed by atoms with van der Waals surface area (Å²) in [6.07, 6.45) is 0. The Morgan fingerprint density at radius 3 is 2.68 bits per heavy atom. The molecule has 102 valence electrons. The highest BCUT2D eigenvalue weighted by Gasteiger charge is 2.14. The standard InChI is InChI=1S/C14H16ClN3.ClH/c1-10-8-11-9-12(15)2-3-13(11)17-14(10)18-6-4-16-5-7-18;/h2-3,8-9,16H,4-7H2,1H3;1H. The molecule has 3 rings (SSSR count). The SMILES string of the molecule is Cc1cc2cc(Cl)ccc2nc1N1CCNCC1.Cl. The van der Waals surface area contributed by atoms with Crippen molar-refractivity contribution in [3.05, 3.63) is 34.9 Å². The van der Waals surface area contributed by atoms with Crippen molar-refractivity contribution >= 4 is 40.7 Å². The number of rotatable bonds is 1. The van der Waals surface area contributed by atoms with Gasteiger partial charge < -0.3 is 10.2 Å². The molecule has 0 unspecified atom stereocenters. The Balaban J connectivity index is 0.00000133. The van der Waals surface area contributed by atoms with E-state index in [4.69, 9.17) is 16.6 Å². The molecule has 0 amide bonds. The molecule has 1 N–H and O–H groups in total. The largest absolute Gasteiger partial charge is 0.354 e. The van der Waals surface area contributed by atoms with Crippen LogP contribution >= 0.6 is 24.0 Å². The molecule has 1 aliphatic heterocycles. The molecule has 0 aliphatic carbocycles. The Morgan fingerprint density at radius 1 is 1.21 bits per heavy atom. The minimum atomic E-state index is 0. The van der Waals surface area contributed by atoms with Gasteiger partial charge in [0.1, 0.15) is 5.82 Å². The Bertz CT molecular complexity index is 580. The minimum Gasteiger partial charge on any atom is -0.354 e. The number of piperazine rings is 1. The monoisotopic (exact) mass is 297 g/mol. The molecule has 1 aliphatic rings. The van der Waals surface area contributed by atoms with Gasteiger partial charge in [-0.3, -0.25) is 0 Å². The van der Waals surface area contributed by atoms with Gasteiger partial charge in [0, 0.05) is 36.6 Å². The summed E-state index contributed by atoms with van der Waals surface area (Å²) < 4.78 is 0. The summed E-state index contributed by atoms with van der Waals surface area (Å²) in [5, 5.41) is 5.23. The first-order valence-electron chi connectivity index (χ1n) is 6.26. The lowest BCUT2D eigenvalue weighted by Gasteiger charge is -2.29. The maximum atomic E-state index is 6.01. The molecule has 2 heterocycles. The second-order valence-corrected chi connectivity index (χ2v) is 5.14. The van der Waals surface area contributed by atoms with Gasteiger partial charge >= 0.3 is 0 Å². The van der Waals surface area contributed by atoms with E-state index in [-0.39, 0.29) is 12.4 Å². The Labute approximate surface area is 124 Å². The smallest absolute Gasteiger partial charge is 0.132 e. The van der Waals surface area contributed by atoms with Crippen LogP contribution in [0.4, 0.5) is 5.82 Å². The van der Waals surface area contributed by atoms with Crippen molar-refractivity contribution in [1.29, 1.82) is 0 Å². The van der Waals surface area contributed by atoms with Crippen molar-refractivity contribution in [2.75, 3.05) is 31.1 Å². The van der Waals surface area contributed by atoms with Crippen molar-refractivity contribution in [2.45, 2.75) is 6.92 Å².